The molecular formula is C18H14F5NO3S. The first-order valence-corrected chi connectivity index (χ1v) is 9.04. The summed E-state index contributed by atoms with van der Waals surface area (Å²) in [6.45, 7) is 2.01. The number of amides is 1. The van der Waals surface area contributed by atoms with E-state index < -0.39 is 46.5 Å². The highest BCUT2D eigenvalue weighted by atomic mass is 32.1. The van der Waals surface area contributed by atoms with E-state index in [0.717, 1.165) is 29.7 Å². The number of ether oxygens (including phenoxy) is 1. The summed E-state index contributed by atoms with van der Waals surface area (Å²) in [5.74, 6) is -13.3. The van der Waals surface area contributed by atoms with E-state index in [1.165, 1.54) is 0 Å². The van der Waals surface area contributed by atoms with Gasteiger partial charge in [-0.3, -0.25) is 4.79 Å². The number of nitrogens with one attached hydrogen (secondary N) is 1. The molecule has 0 radical (unpaired) electrons. The van der Waals surface area contributed by atoms with E-state index in [-0.39, 0.29) is 10.6 Å². The lowest BCUT2D eigenvalue weighted by molar-refractivity contribution is 0.0601. The number of anilines is 1. The molecule has 1 atom stereocenters. The number of hydrogen-bond acceptors (Lipinski definition) is 4. The normalized spacial score (nSPS) is 15.9. The smallest absolute Gasteiger partial charge is 0.341 e. The van der Waals surface area contributed by atoms with Crippen molar-refractivity contribution in [2.24, 2.45) is 5.92 Å². The Hall–Kier alpha value is -2.49. The molecule has 0 saturated heterocycles. The SMILES string of the molecule is COC(=O)c1c(NC(=O)c2c(F)c(F)c(F)c(F)c2F)sc2c1CCC(C)C2. The summed E-state index contributed by atoms with van der Waals surface area (Å²) in [5, 5.41) is 2.06. The van der Waals surface area contributed by atoms with Crippen molar-refractivity contribution in [1.82, 2.24) is 0 Å². The molecule has 1 aromatic carbocycles. The van der Waals surface area contributed by atoms with Crippen LogP contribution in [-0.2, 0) is 17.6 Å². The summed E-state index contributed by atoms with van der Waals surface area (Å²) in [4.78, 5) is 25.3. The van der Waals surface area contributed by atoms with Crippen LogP contribution in [0.4, 0.5) is 27.0 Å². The third kappa shape index (κ3) is 3.25. The molecule has 1 N–H and O–H groups in total. The highest BCUT2D eigenvalue weighted by molar-refractivity contribution is 7.17. The third-order valence-corrected chi connectivity index (χ3v) is 5.73. The van der Waals surface area contributed by atoms with Crippen molar-refractivity contribution in [3.8, 4) is 0 Å². The Balaban J connectivity index is 2.06. The van der Waals surface area contributed by atoms with E-state index in [0.29, 0.717) is 24.3 Å². The number of esters is 1. The van der Waals surface area contributed by atoms with Gasteiger partial charge >= 0.3 is 5.97 Å². The van der Waals surface area contributed by atoms with Gasteiger partial charge < -0.3 is 10.1 Å². The van der Waals surface area contributed by atoms with E-state index in [9.17, 15) is 31.5 Å². The predicted octanol–water partition coefficient (Wildman–Crippen LogP) is 4.61. The first kappa shape index (κ1) is 20.2. The highest BCUT2D eigenvalue weighted by Gasteiger charge is 2.33. The van der Waals surface area contributed by atoms with Gasteiger partial charge in [0.15, 0.2) is 23.3 Å². The van der Waals surface area contributed by atoms with Gasteiger partial charge in [-0.05, 0) is 30.7 Å². The van der Waals surface area contributed by atoms with Crippen LogP contribution < -0.4 is 5.32 Å². The Morgan fingerprint density at radius 3 is 2.14 bits per heavy atom. The molecule has 2 aromatic rings. The van der Waals surface area contributed by atoms with Gasteiger partial charge in [0.1, 0.15) is 10.6 Å². The van der Waals surface area contributed by atoms with Gasteiger partial charge in [-0.25, -0.2) is 26.7 Å². The van der Waals surface area contributed by atoms with Crippen LogP contribution in [0.2, 0.25) is 0 Å². The monoisotopic (exact) mass is 419 g/mol. The van der Waals surface area contributed by atoms with Crippen molar-refractivity contribution in [3.63, 3.8) is 0 Å². The molecule has 0 spiro atoms. The minimum Gasteiger partial charge on any atom is -0.465 e. The van der Waals surface area contributed by atoms with Gasteiger partial charge in [-0.1, -0.05) is 6.92 Å². The Kier molecular flexibility index (Phi) is 5.42. The second-order valence-corrected chi connectivity index (χ2v) is 7.55. The van der Waals surface area contributed by atoms with Gasteiger partial charge in [0.05, 0.1) is 12.7 Å². The van der Waals surface area contributed by atoms with Crippen molar-refractivity contribution in [2.75, 3.05) is 12.4 Å². The molecule has 1 unspecified atom stereocenters. The van der Waals surface area contributed by atoms with Crippen molar-refractivity contribution < 1.29 is 36.3 Å². The fourth-order valence-electron chi connectivity index (χ4n) is 3.13. The summed E-state index contributed by atoms with van der Waals surface area (Å²) in [7, 11) is 1.13. The molecule has 0 fully saturated rings. The van der Waals surface area contributed by atoms with Gasteiger partial charge in [0.2, 0.25) is 5.82 Å². The molecule has 10 heteroatoms. The molecule has 0 bridgehead atoms. The average molecular weight is 419 g/mol. The highest BCUT2D eigenvalue weighted by Crippen LogP contribution is 2.40. The fourth-order valence-corrected chi connectivity index (χ4v) is 4.52. The zero-order chi connectivity index (χ0) is 20.7. The predicted molar refractivity (Wildman–Crippen MR) is 91.0 cm³/mol. The lowest BCUT2D eigenvalue weighted by atomic mass is 9.88. The minimum atomic E-state index is -2.36. The molecule has 1 amide bonds. The van der Waals surface area contributed by atoms with E-state index in [1.807, 2.05) is 6.92 Å². The Bertz CT molecular complexity index is 959. The van der Waals surface area contributed by atoms with Crippen molar-refractivity contribution in [3.05, 3.63) is 50.7 Å². The Labute approximate surface area is 160 Å². The number of rotatable bonds is 3. The van der Waals surface area contributed by atoms with Crippen molar-refractivity contribution in [1.29, 1.82) is 0 Å². The number of benzene rings is 1. The van der Waals surface area contributed by atoms with Gasteiger partial charge in [0, 0.05) is 4.88 Å². The molecule has 0 saturated carbocycles. The van der Waals surface area contributed by atoms with E-state index >= 15 is 0 Å². The van der Waals surface area contributed by atoms with Crippen LogP contribution in [0, 0.1) is 35.0 Å². The molecule has 1 aliphatic rings. The topological polar surface area (TPSA) is 55.4 Å². The standard InChI is InChI=1S/C18H14F5NO3S/c1-6-3-4-7-8(5-6)28-17(9(7)18(26)27-2)24-16(25)10-11(19)13(21)15(23)14(22)12(10)20/h6H,3-5H2,1-2H3,(H,24,25). The summed E-state index contributed by atoms with van der Waals surface area (Å²) in [6.07, 6.45) is 1.96. The van der Waals surface area contributed by atoms with Crippen LogP contribution in [0.25, 0.3) is 0 Å². The summed E-state index contributed by atoms with van der Waals surface area (Å²) in [5.41, 5.74) is -0.929. The maximum atomic E-state index is 13.9. The summed E-state index contributed by atoms with van der Waals surface area (Å²) >= 11 is 1.02. The quantitative estimate of drug-likeness (QED) is 0.342. The fraction of sp³-hybridized carbons (Fsp3) is 0.333. The summed E-state index contributed by atoms with van der Waals surface area (Å²) < 4.78 is 72.4. The number of halogens is 5. The molecule has 28 heavy (non-hydrogen) atoms. The second kappa shape index (κ2) is 7.50. The molecule has 3 rings (SSSR count). The van der Waals surface area contributed by atoms with Crippen LogP contribution in [0.1, 0.15) is 44.5 Å². The minimum absolute atomic E-state index is 0.0339. The van der Waals surface area contributed by atoms with Gasteiger partial charge in [-0.2, -0.15) is 0 Å². The van der Waals surface area contributed by atoms with Crippen LogP contribution in [0.3, 0.4) is 0 Å². The number of carbonyl (C=O) groups is 2. The molecule has 4 nitrogen and oxygen atoms in total. The van der Waals surface area contributed by atoms with E-state index in [2.05, 4.69) is 5.32 Å². The number of fused-ring (bicyclic) bond motifs is 1. The number of hydrogen-bond donors (Lipinski definition) is 1. The molecule has 1 aromatic heterocycles. The van der Waals surface area contributed by atoms with Gasteiger partial charge in [0.25, 0.3) is 5.91 Å². The third-order valence-electron chi connectivity index (χ3n) is 4.57. The largest absolute Gasteiger partial charge is 0.465 e. The van der Waals surface area contributed by atoms with Crippen molar-refractivity contribution >= 4 is 28.2 Å². The molecule has 150 valence electrons. The second-order valence-electron chi connectivity index (χ2n) is 6.45. The Morgan fingerprint density at radius 2 is 1.57 bits per heavy atom. The van der Waals surface area contributed by atoms with Crippen molar-refractivity contribution in [2.45, 2.75) is 26.2 Å². The Morgan fingerprint density at radius 1 is 1.00 bits per heavy atom. The molecular weight excluding hydrogens is 405 g/mol. The zero-order valence-corrected chi connectivity index (χ0v) is 15.5. The summed E-state index contributed by atoms with van der Waals surface area (Å²) in [6, 6.07) is 0. The molecule has 1 aliphatic carbocycles. The van der Waals surface area contributed by atoms with Crippen LogP contribution in [0.15, 0.2) is 0 Å². The number of carbonyl (C=O) groups excluding carboxylic acids is 2. The lowest BCUT2D eigenvalue weighted by Crippen LogP contribution is -2.20. The first-order chi connectivity index (χ1) is 13.2. The van der Waals surface area contributed by atoms with Crippen LogP contribution >= 0.6 is 11.3 Å². The maximum absolute atomic E-state index is 13.9. The first-order valence-electron chi connectivity index (χ1n) is 8.22. The zero-order valence-electron chi connectivity index (χ0n) is 14.7. The number of methoxy groups -OCH3 is 1. The molecule has 0 aliphatic heterocycles. The maximum Gasteiger partial charge on any atom is 0.341 e. The number of thiophene rings is 1. The lowest BCUT2D eigenvalue weighted by Gasteiger charge is -2.18. The van der Waals surface area contributed by atoms with E-state index in [1.54, 1.807) is 0 Å². The van der Waals surface area contributed by atoms with Gasteiger partial charge in [-0.15, -0.1) is 11.3 Å². The van der Waals surface area contributed by atoms with Crippen LogP contribution in [-0.4, -0.2) is 19.0 Å². The van der Waals surface area contributed by atoms with Crippen LogP contribution in [0.5, 0.6) is 0 Å². The van der Waals surface area contributed by atoms with E-state index in [4.69, 9.17) is 4.74 Å². The average Bonchev–Trinajstić information content (AvgIpc) is 3.00. The molecule has 1 heterocycles.